The Bertz CT molecular complexity index is 891. The first-order valence-corrected chi connectivity index (χ1v) is 6.84. The summed E-state index contributed by atoms with van der Waals surface area (Å²) in [5.41, 5.74) is 4.25. The van der Waals surface area contributed by atoms with Crippen molar-refractivity contribution in [1.29, 1.82) is 0 Å². The molecule has 0 unspecified atom stereocenters. The third kappa shape index (κ3) is 1.48. The number of aryl methyl sites for hydroxylation is 1. The Balaban J connectivity index is 2.09. The Hall–Kier alpha value is -2.27. The third-order valence-corrected chi connectivity index (χ3v) is 4.28. The van der Waals surface area contributed by atoms with E-state index in [1.165, 1.54) is 5.56 Å². The SMILES string of the molecule is Cc1csc2c(-n3cnc4ccccc43)ncnc12. The van der Waals surface area contributed by atoms with Crippen LogP contribution < -0.4 is 0 Å². The lowest BCUT2D eigenvalue weighted by molar-refractivity contribution is 1.02. The predicted molar refractivity (Wildman–Crippen MR) is 76.8 cm³/mol. The highest BCUT2D eigenvalue weighted by Crippen LogP contribution is 2.29. The van der Waals surface area contributed by atoms with Gasteiger partial charge in [0.2, 0.25) is 0 Å². The van der Waals surface area contributed by atoms with Crippen molar-refractivity contribution in [3.8, 4) is 5.82 Å². The first kappa shape index (κ1) is 10.6. The zero-order valence-electron chi connectivity index (χ0n) is 10.2. The van der Waals surface area contributed by atoms with Gasteiger partial charge >= 0.3 is 0 Å². The molecule has 0 N–H and O–H groups in total. The van der Waals surface area contributed by atoms with Gasteiger partial charge in [-0.3, -0.25) is 4.57 Å². The quantitative estimate of drug-likeness (QED) is 0.530. The monoisotopic (exact) mass is 266 g/mol. The van der Waals surface area contributed by atoms with Crippen molar-refractivity contribution >= 4 is 32.6 Å². The number of thiophene rings is 1. The Labute approximate surface area is 113 Å². The molecule has 3 aromatic heterocycles. The summed E-state index contributed by atoms with van der Waals surface area (Å²) < 4.78 is 3.12. The van der Waals surface area contributed by atoms with Crippen LogP contribution in [0.15, 0.2) is 42.3 Å². The van der Waals surface area contributed by atoms with E-state index >= 15 is 0 Å². The molecule has 4 rings (SSSR count). The lowest BCUT2D eigenvalue weighted by Crippen LogP contribution is -1.96. The van der Waals surface area contributed by atoms with Crippen LogP contribution in [0.5, 0.6) is 0 Å². The maximum absolute atomic E-state index is 4.44. The molecule has 4 nitrogen and oxygen atoms in total. The number of benzene rings is 1. The fraction of sp³-hybridized carbons (Fsp3) is 0.0714. The van der Waals surface area contributed by atoms with Gasteiger partial charge in [-0.15, -0.1) is 11.3 Å². The highest BCUT2D eigenvalue weighted by atomic mass is 32.1. The second-order valence-electron chi connectivity index (χ2n) is 4.40. The molecule has 3 heterocycles. The van der Waals surface area contributed by atoms with E-state index in [1.54, 1.807) is 17.7 Å². The predicted octanol–water partition coefficient (Wildman–Crippen LogP) is 3.34. The van der Waals surface area contributed by atoms with Gasteiger partial charge in [0.05, 0.1) is 21.3 Å². The van der Waals surface area contributed by atoms with Gasteiger partial charge in [-0.1, -0.05) is 12.1 Å². The lowest BCUT2D eigenvalue weighted by Gasteiger charge is -2.04. The van der Waals surface area contributed by atoms with Crippen molar-refractivity contribution in [3.63, 3.8) is 0 Å². The fourth-order valence-corrected chi connectivity index (χ4v) is 3.24. The molecule has 0 atom stereocenters. The van der Waals surface area contributed by atoms with E-state index in [2.05, 4.69) is 33.3 Å². The molecule has 0 aliphatic carbocycles. The number of fused-ring (bicyclic) bond motifs is 2. The van der Waals surface area contributed by atoms with Crippen LogP contribution in [0.1, 0.15) is 5.56 Å². The molecule has 0 amide bonds. The molecule has 0 spiro atoms. The smallest absolute Gasteiger partial charge is 0.159 e. The second-order valence-corrected chi connectivity index (χ2v) is 5.28. The average Bonchev–Trinajstić information content (AvgIpc) is 3.03. The summed E-state index contributed by atoms with van der Waals surface area (Å²) in [5, 5.41) is 2.11. The molecule has 0 bridgehead atoms. The maximum Gasteiger partial charge on any atom is 0.159 e. The number of hydrogen-bond donors (Lipinski definition) is 0. The molecule has 92 valence electrons. The summed E-state index contributed by atoms with van der Waals surface area (Å²) in [5.74, 6) is 0.900. The van der Waals surface area contributed by atoms with Crippen molar-refractivity contribution in [2.75, 3.05) is 0 Å². The number of rotatable bonds is 1. The second kappa shape index (κ2) is 3.86. The molecular formula is C14H10N4S. The van der Waals surface area contributed by atoms with Crippen LogP contribution in [0, 0.1) is 6.92 Å². The number of aromatic nitrogens is 4. The van der Waals surface area contributed by atoms with E-state index in [9.17, 15) is 0 Å². The Morgan fingerprint density at radius 2 is 2.00 bits per heavy atom. The minimum Gasteiger partial charge on any atom is -0.282 e. The molecule has 0 saturated carbocycles. The summed E-state index contributed by atoms with van der Waals surface area (Å²) >= 11 is 1.67. The highest BCUT2D eigenvalue weighted by molar-refractivity contribution is 7.17. The number of para-hydroxylation sites is 2. The molecule has 0 fully saturated rings. The summed E-state index contributed by atoms with van der Waals surface area (Å²) in [7, 11) is 0. The fourth-order valence-electron chi connectivity index (χ4n) is 2.26. The summed E-state index contributed by atoms with van der Waals surface area (Å²) in [6.45, 7) is 2.07. The average molecular weight is 266 g/mol. The van der Waals surface area contributed by atoms with Gasteiger partial charge in [0.15, 0.2) is 5.82 Å². The Morgan fingerprint density at radius 3 is 2.95 bits per heavy atom. The highest BCUT2D eigenvalue weighted by Gasteiger charge is 2.12. The van der Waals surface area contributed by atoms with Crippen molar-refractivity contribution < 1.29 is 0 Å². The number of nitrogens with zero attached hydrogens (tertiary/aromatic N) is 4. The zero-order chi connectivity index (χ0) is 12.8. The standard InChI is InChI=1S/C14H10N4S/c1-9-6-19-13-12(9)15-7-16-14(13)18-8-17-10-4-2-3-5-11(10)18/h2-8H,1H3. The molecule has 0 aliphatic rings. The molecular weight excluding hydrogens is 256 g/mol. The van der Waals surface area contributed by atoms with Crippen LogP contribution in [0.25, 0.3) is 27.1 Å². The lowest BCUT2D eigenvalue weighted by atomic mass is 10.3. The van der Waals surface area contributed by atoms with E-state index < -0.39 is 0 Å². The van der Waals surface area contributed by atoms with Crippen LogP contribution in [0.3, 0.4) is 0 Å². The first-order valence-electron chi connectivity index (χ1n) is 5.96. The van der Waals surface area contributed by atoms with Gasteiger partial charge in [0.1, 0.15) is 12.7 Å². The van der Waals surface area contributed by atoms with Gasteiger partial charge in [0, 0.05) is 0 Å². The van der Waals surface area contributed by atoms with E-state index in [1.807, 2.05) is 29.1 Å². The van der Waals surface area contributed by atoms with Gasteiger partial charge in [-0.2, -0.15) is 0 Å². The van der Waals surface area contributed by atoms with E-state index in [-0.39, 0.29) is 0 Å². The molecule has 19 heavy (non-hydrogen) atoms. The topological polar surface area (TPSA) is 43.6 Å². The maximum atomic E-state index is 4.44. The van der Waals surface area contributed by atoms with E-state index in [0.717, 1.165) is 27.1 Å². The van der Waals surface area contributed by atoms with E-state index in [4.69, 9.17) is 0 Å². The summed E-state index contributed by atoms with van der Waals surface area (Å²) in [6, 6.07) is 8.06. The number of hydrogen-bond acceptors (Lipinski definition) is 4. The zero-order valence-corrected chi connectivity index (χ0v) is 11.1. The molecule has 5 heteroatoms. The minimum atomic E-state index is 0.900. The first-order chi connectivity index (χ1) is 9.34. The van der Waals surface area contributed by atoms with Gasteiger partial charge < -0.3 is 0 Å². The van der Waals surface area contributed by atoms with Gasteiger partial charge in [-0.05, 0) is 30.0 Å². The van der Waals surface area contributed by atoms with E-state index in [0.29, 0.717) is 0 Å². The Morgan fingerprint density at radius 1 is 1.11 bits per heavy atom. The molecule has 0 saturated heterocycles. The molecule has 0 aliphatic heterocycles. The van der Waals surface area contributed by atoms with Crippen molar-refractivity contribution in [2.24, 2.45) is 0 Å². The van der Waals surface area contributed by atoms with Crippen LogP contribution in [0.4, 0.5) is 0 Å². The largest absolute Gasteiger partial charge is 0.282 e. The van der Waals surface area contributed by atoms with Gasteiger partial charge in [-0.25, -0.2) is 15.0 Å². The molecule has 4 aromatic rings. The summed E-state index contributed by atoms with van der Waals surface area (Å²) in [4.78, 5) is 13.2. The minimum absolute atomic E-state index is 0.900. The number of imidazole rings is 1. The van der Waals surface area contributed by atoms with Gasteiger partial charge in [0.25, 0.3) is 0 Å². The van der Waals surface area contributed by atoms with Crippen molar-refractivity contribution in [2.45, 2.75) is 6.92 Å². The summed E-state index contributed by atoms with van der Waals surface area (Å²) in [6.07, 6.45) is 3.44. The van der Waals surface area contributed by atoms with Crippen molar-refractivity contribution in [3.05, 3.63) is 47.9 Å². The van der Waals surface area contributed by atoms with Crippen LogP contribution in [-0.4, -0.2) is 19.5 Å². The van der Waals surface area contributed by atoms with Crippen molar-refractivity contribution in [1.82, 2.24) is 19.5 Å². The molecule has 0 radical (unpaired) electrons. The third-order valence-electron chi connectivity index (χ3n) is 3.19. The Kier molecular flexibility index (Phi) is 2.16. The van der Waals surface area contributed by atoms with Crippen LogP contribution in [0.2, 0.25) is 0 Å². The van der Waals surface area contributed by atoms with Crippen LogP contribution in [-0.2, 0) is 0 Å². The van der Waals surface area contributed by atoms with Crippen LogP contribution >= 0.6 is 11.3 Å². The normalized spacial score (nSPS) is 11.4. The molecule has 1 aromatic carbocycles.